The summed E-state index contributed by atoms with van der Waals surface area (Å²) in [5, 5.41) is 0.833. The quantitative estimate of drug-likeness (QED) is 0.520. The Morgan fingerprint density at radius 1 is 0.889 bits per heavy atom. The van der Waals surface area contributed by atoms with E-state index in [1.54, 1.807) is 18.7 Å². The lowest BCUT2D eigenvalue weighted by Gasteiger charge is -2.15. The van der Waals surface area contributed by atoms with Crippen molar-refractivity contribution in [2.24, 2.45) is 14.1 Å². The molecule has 6 nitrogen and oxygen atoms in total. The van der Waals surface area contributed by atoms with Crippen LogP contribution >= 0.6 is 0 Å². The molecule has 0 radical (unpaired) electrons. The summed E-state index contributed by atoms with van der Waals surface area (Å²) in [4.78, 5) is 29.1. The third-order valence-electron chi connectivity index (χ3n) is 5.52. The number of aromatic nitrogens is 3. The van der Waals surface area contributed by atoms with Crippen molar-refractivity contribution >= 4 is 22.0 Å². The van der Waals surface area contributed by atoms with Gasteiger partial charge in [0.2, 0.25) is 0 Å². The third kappa shape index (κ3) is 2.29. The van der Waals surface area contributed by atoms with Crippen LogP contribution in [0.1, 0.15) is 22.3 Å². The Kier molecular flexibility index (Phi) is 3.63. The fraction of sp³-hybridized carbons (Fsp3) is 0.286. The minimum atomic E-state index is -0.419. The number of benzene rings is 2. The van der Waals surface area contributed by atoms with E-state index in [1.807, 2.05) is 45.9 Å². The lowest BCUT2D eigenvalue weighted by Crippen LogP contribution is -2.22. The molecule has 2 aromatic heterocycles. The minimum absolute atomic E-state index is 0.328. The maximum Gasteiger partial charge on any atom is 0.419 e. The molecule has 0 spiro atoms. The average Bonchev–Trinajstić information content (AvgIpc) is 2.93. The molecule has 0 atom stereocenters. The first-order chi connectivity index (χ1) is 12.7. The molecular formula is C21H21N3O3. The van der Waals surface area contributed by atoms with Gasteiger partial charge in [-0.05, 0) is 44.9 Å². The number of rotatable bonds is 1. The fourth-order valence-electron chi connectivity index (χ4n) is 3.84. The van der Waals surface area contributed by atoms with Gasteiger partial charge in [0.1, 0.15) is 0 Å². The molecule has 0 saturated heterocycles. The highest BCUT2D eigenvalue weighted by molar-refractivity contribution is 6.06. The lowest BCUT2D eigenvalue weighted by atomic mass is 9.96. The van der Waals surface area contributed by atoms with E-state index in [2.05, 4.69) is 4.98 Å². The van der Waals surface area contributed by atoms with Gasteiger partial charge in [0.25, 0.3) is 0 Å². The highest BCUT2D eigenvalue weighted by atomic mass is 16.4. The summed E-state index contributed by atoms with van der Waals surface area (Å²) in [7, 11) is 3.38. The first kappa shape index (κ1) is 17.3. The van der Waals surface area contributed by atoms with Gasteiger partial charge in [-0.3, -0.25) is 9.13 Å². The zero-order chi connectivity index (χ0) is 19.6. The molecule has 0 aliphatic heterocycles. The first-order valence-corrected chi connectivity index (χ1v) is 8.79. The molecule has 0 bridgehead atoms. The molecular weight excluding hydrogens is 342 g/mol. The Bertz CT molecular complexity index is 1370. The third-order valence-corrected chi connectivity index (χ3v) is 5.52. The molecule has 4 aromatic rings. The minimum Gasteiger partial charge on any atom is -0.407 e. The van der Waals surface area contributed by atoms with E-state index in [1.165, 1.54) is 10.1 Å². The topological polar surface area (TPSA) is 70.0 Å². The van der Waals surface area contributed by atoms with Gasteiger partial charge in [0.05, 0.1) is 16.7 Å². The second kappa shape index (κ2) is 5.67. The van der Waals surface area contributed by atoms with Crippen molar-refractivity contribution in [1.82, 2.24) is 14.1 Å². The molecule has 0 aliphatic carbocycles. The number of fused-ring (bicyclic) bond motifs is 2. The van der Waals surface area contributed by atoms with Gasteiger partial charge >= 0.3 is 11.4 Å². The normalized spacial score (nSPS) is 11.6. The van der Waals surface area contributed by atoms with E-state index < -0.39 is 5.76 Å². The summed E-state index contributed by atoms with van der Waals surface area (Å²) < 4.78 is 8.54. The summed E-state index contributed by atoms with van der Waals surface area (Å²) in [6, 6.07) is 6.04. The van der Waals surface area contributed by atoms with Gasteiger partial charge in [-0.2, -0.15) is 4.98 Å². The predicted octanol–water partition coefficient (Wildman–Crippen LogP) is 3.28. The van der Waals surface area contributed by atoms with Gasteiger partial charge in [-0.25, -0.2) is 9.59 Å². The van der Waals surface area contributed by atoms with Gasteiger partial charge < -0.3 is 4.42 Å². The highest BCUT2D eigenvalue weighted by Crippen LogP contribution is 2.35. The van der Waals surface area contributed by atoms with Crippen LogP contribution in [0.15, 0.2) is 32.2 Å². The summed E-state index contributed by atoms with van der Waals surface area (Å²) in [6.07, 6.45) is 0. The number of hydrogen-bond donors (Lipinski definition) is 0. The van der Waals surface area contributed by atoms with Crippen LogP contribution in [0.3, 0.4) is 0 Å². The molecule has 2 heterocycles. The van der Waals surface area contributed by atoms with Crippen molar-refractivity contribution in [2.75, 3.05) is 0 Å². The van der Waals surface area contributed by atoms with E-state index in [0.717, 1.165) is 33.2 Å². The van der Waals surface area contributed by atoms with E-state index in [4.69, 9.17) is 4.42 Å². The van der Waals surface area contributed by atoms with Crippen LogP contribution in [0.4, 0.5) is 0 Å². The Labute approximate surface area is 155 Å². The molecule has 27 heavy (non-hydrogen) atoms. The molecule has 138 valence electrons. The number of aryl methyl sites for hydroxylation is 6. The van der Waals surface area contributed by atoms with Crippen molar-refractivity contribution < 1.29 is 4.42 Å². The van der Waals surface area contributed by atoms with Crippen molar-refractivity contribution in [2.45, 2.75) is 27.7 Å². The molecule has 2 aromatic carbocycles. The van der Waals surface area contributed by atoms with Gasteiger partial charge in [0, 0.05) is 36.2 Å². The van der Waals surface area contributed by atoms with Gasteiger partial charge in [-0.1, -0.05) is 12.1 Å². The summed E-state index contributed by atoms with van der Waals surface area (Å²) in [5.74, 6) is -0.419. The Hall–Kier alpha value is -3.15. The van der Waals surface area contributed by atoms with Crippen molar-refractivity contribution in [3.63, 3.8) is 0 Å². The first-order valence-electron chi connectivity index (χ1n) is 8.79. The van der Waals surface area contributed by atoms with Crippen LogP contribution in [0, 0.1) is 27.7 Å². The van der Waals surface area contributed by atoms with Crippen molar-refractivity contribution in [1.29, 1.82) is 0 Å². The second-order valence-electron chi connectivity index (χ2n) is 7.18. The summed E-state index contributed by atoms with van der Waals surface area (Å²) in [5.41, 5.74) is 7.11. The fourth-order valence-corrected chi connectivity index (χ4v) is 3.84. The van der Waals surface area contributed by atoms with E-state index in [9.17, 15) is 9.59 Å². The monoisotopic (exact) mass is 363 g/mol. The van der Waals surface area contributed by atoms with Crippen LogP contribution in [0.2, 0.25) is 0 Å². The predicted molar refractivity (Wildman–Crippen MR) is 106 cm³/mol. The number of nitrogens with zero attached hydrogens (tertiary/aromatic N) is 3. The van der Waals surface area contributed by atoms with E-state index >= 15 is 0 Å². The molecule has 0 aliphatic rings. The number of hydrogen-bond acceptors (Lipinski definition) is 4. The SMILES string of the molecule is Cc1ccc(-c2nc(=O)n(C)c3c(C)c4c(oc(=O)n4C)c(C)c23)cc1C. The molecule has 4 rings (SSSR count). The zero-order valence-electron chi connectivity index (χ0n) is 16.3. The molecule has 0 unspecified atom stereocenters. The van der Waals surface area contributed by atoms with Gasteiger partial charge in [-0.15, -0.1) is 0 Å². The second-order valence-corrected chi connectivity index (χ2v) is 7.18. The Morgan fingerprint density at radius 3 is 2.26 bits per heavy atom. The van der Waals surface area contributed by atoms with Crippen LogP contribution in [0.25, 0.3) is 33.3 Å². The molecule has 0 amide bonds. The van der Waals surface area contributed by atoms with Crippen molar-refractivity contribution in [3.8, 4) is 11.3 Å². The van der Waals surface area contributed by atoms with E-state index in [0.29, 0.717) is 16.8 Å². The summed E-state index contributed by atoms with van der Waals surface area (Å²) in [6.45, 7) is 7.90. The highest BCUT2D eigenvalue weighted by Gasteiger charge is 2.22. The Morgan fingerprint density at radius 2 is 1.59 bits per heavy atom. The van der Waals surface area contributed by atoms with Crippen LogP contribution in [0.5, 0.6) is 0 Å². The van der Waals surface area contributed by atoms with Gasteiger partial charge in [0.15, 0.2) is 5.58 Å². The van der Waals surface area contributed by atoms with Crippen LogP contribution < -0.4 is 11.4 Å². The average molecular weight is 363 g/mol. The zero-order valence-corrected chi connectivity index (χ0v) is 16.3. The smallest absolute Gasteiger partial charge is 0.407 e. The van der Waals surface area contributed by atoms with Crippen molar-refractivity contribution in [3.05, 3.63) is 61.5 Å². The Balaban J connectivity index is 2.30. The number of oxazole rings is 1. The maximum atomic E-state index is 12.6. The maximum absolute atomic E-state index is 12.6. The molecule has 0 N–H and O–H groups in total. The lowest BCUT2D eigenvalue weighted by molar-refractivity contribution is 0.527. The molecule has 6 heteroatoms. The van der Waals surface area contributed by atoms with Crippen LogP contribution in [-0.4, -0.2) is 14.1 Å². The largest absolute Gasteiger partial charge is 0.419 e. The van der Waals surface area contributed by atoms with Crippen LogP contribution in [-0.2, 0) is 14.1 Å². The molecule has 0 saturated carbocycles. The molecule has 0 fully saturated rings. The standard InChI is InChI=1S/C21H21N3O3/c1-10-7-8-14(9-11(10)2)16-15-12(3)19-18(24(6)21(26)27-19)13(4)17(15)23(5)20(25)22-16/h7-9H,1-6H3. The van der Waals surface area contributed by atoms with E-state index in [-0.39, 0.29) is 5.69 Å². The summed E-state index contributed by atoms with van der Waals surface area (Å²) >= 11 is 0.